The van der Waals surface area contributed by atoms with Gasteiger partial charge in [-0.05, 0) is 46.3 Å². The molecule has 0 unspecified atom stereocenters. The number of alkyl halides is 3. The summed E-state index contributed by atoms with van der Waals surface area (Å²) in [6.07, 6.45) is -4.42. The summed E-state index contributed by atoms with van der Waals surface area (Å²) in [6.45, 7) is 0. The minimum absolute atomic E-state index is 0.00307. The van der Waals surface area contributed by atoms with Crippen molar-refractivity contribution < 1.29 is 22.0 Å². The first kappa shape index (κ1) is 15.5. The first-order valence-corrected chi connectivity index (χ1v) is 6.40. The number of hydrogen-bond donors (Lipinski definition) is 0. The highest BCUT2D eigenvalue weighted by molar-refractivity contribution is 9.10. The van der Waals surface area contributed by atoms with Gasteiger partial charge in [-0.1, -0.05) is 11.8 Å². The first-order valence-electron chi connectivity index (χ1n) is 5.61. The number of halogens is 6. The van der Waals surface area contributed by atoms with Gasteiger partial charge < -0.3 is 0 Å². The molecule has 0 aliphatic rings. The summed E-state index contributed by atoms with van der Waals surface area (Å²) in [7, 11) is 0. The lowest BCUT2D eigenvalue weighted by atomic mass is 10.1. The van der Waals surface area contributed by atoms with E-state index in [0.717, 1.165) is 18.2 Å². The van der Waals surface area contributed by atoms with Crippen molar-refractivity contribution in [3.63, 3.8) is 0 Å². The molecule has 108 valence electrons. The van der Waals surface area contributed by atoms with Crippen molar-refractivity contribution in [2.75, 3.05) is 0 Å². The van der Waals surface area contributed by atoms with Crippen LogP contribution in [-0.4, -0.2) is 0 Å². The van der Waals surface area contributed by atoms with Crippen LogP contribution >= 0.6 is 15.9 Å². The molecule has 0 heterocycles. The molecule has 2 aromatic rings. The smallest absolute Gasteiger partial charge is 0.207 e. The molecule has 0 atom stereocenters. The van der Waals surface area contributed by atoms with Gasteiger partial charge in [-0.2, -0.15) is 13.2 Å². The van der Waals surface area contributed by atoms with Gasteiger partial charge in [0.05, 0.1) is 10.0 Å². The van der Waals surface area contributed by atoms with Gasteiger partial charge in [0.2, 0.25) is 0 Å². The van der Waals surface area contributed by atoms with Crippen molar-refractivity contribution in [2.45, 2.75) is 6.18 Å². The van der Waals surface area contributed by atoms with E-state index in [4.69, 9.17) is 0 Å². The Hall–Kier alpha value is -1.87. The van der Waals surface area contributed by atoms with Crippen LogP contribution in [0.3, 0.4) is 0 Å². The van der Waals surface area contributed by atoms with E-state index in [-0.39, 0.29) is 10.0 Å². The van der Waals surface area contributed by atoms with E-state index in [9.17, 15) is 22.0 Å². The minimum atomic E-state index is -4.42. The van der Waals surface area contributed by atoms with Crippen molar-refractivity contribution in [3.8, 4) is 11.8 Å². The minimum Gasteiger partial charge on any atom is -0.207 e. The van der Waals surface area contributed by atoms with Crippen LogP contribution in [0.4, 0.5) is 22.0 Å². The second kappa shape index (κ2) is 5.86. The van der Waals surface area contributed by atoms with E-state index in [1.807, 2.05) is 0 Å². The van der Waals surface area contributed by atoms with Crippen molar-refractivity contribution in [3.05, 3.63) is 69.2 Å². The van der Waals surface area contributed by atoms with Crippen LogP contribution in [0, 0.1) is 23.5 Å². The molecule has 0 saturated carbocycles. The summed E-state index contributed by atoms with van der Waals surface area (Å²) in [5.41, 5.74) is -0.405. The van der Waals surface area contributed by atoms with Crippen molar-refractivity contribution in [1.82, 2.24) is 0 Å². The van der Waals surface area contributed by atoms with Crippen LogP contribution in [0.5, 0.6) is 0 Å². The molecule has 2 aromatic carbocycles. The zero-order valence-corrected chi connectivity index (χ0v) is 11.8. The molecule has 6 heteroatoms. The predicted molar refractivity (Wildman–Crippen MR) is 71.5 cm³/mol. The molecule has 21 heavy (non-hydrogen) atoms. The van der Waals surface area contributed by atoms with Gasteiger partial charge in [0.15, 0.2) is 0 Å². The topological polar surface area (TPSA) is 0 Å². The molecular weight excluding hydrogens is 355 g/mol. The summed E-state index contributed by atoms with van der Waals surface area (Å²) >= 11 is 2.93. The summed E-state index contributed by atoms with van der Waals surface area (Å²) in [5.74, 6) is 3.48. The summed E-state index contributed by atoms with van der Waals surface area (Å²) in [4.78, 5) is 0. The fourth-order valence-corrected chi connectivity index (χ4v) is 1.86. The zero-order chi connectivity index (χ0) is 15.6. The third-order valence-electron chi connectivity index (χ3n) is 2.55. The molecule has 2 rings (SSSR count). The Kier molecular flexibility index (Phi) is 4.33. The van der Waals surface area contributed by atoms with Crippen LogP contribution in [0.1, 0.15) is 16.7 Å². The molecule has 0 aromatic heterocycles. The van der Waals surface area contributed by atoms with Gasteiger partial charge in [0, 0.05) is 17.2 Å². The molecule has 0 aliphatic heterocycles. The lowest BCUT2D eigenvalue weighted by Crippen LogP contribution is -2.04. The van der Waals surface area contributed by atoms with Gasteiger partial charge in [-0.15, -0.1) is 0 Å². The Labute approximate surface area is 125 Å². The highest BCUT2D eigenvalue weighted by atomic mass is 79.9. The monoisotopic (exact) mass is 360 g/mol. The SMILES string of the molecule is Fc1cc(F)c(Br)c(C#Cc2ccc(C(F)(F)F)cc2)c1. The fourth-order valence-electron chi connectivity index (χ4n) is 1.53. The normalized spacial score (nSPS) is 11.0. The standard InChI is InChI=1S/C15H6BrF5/c16-14-10(7-12(17)8-13(14)18)4-1-9-2-5-11(6-3-9)15(19,20)21/h2-3,5-8H. The quantitative estimate of drug-likeness (QED) is 0.346. The van der Waals surface area contributed by atoms with Gasteiger partial charge in [0.25, 0.3) is 0 Å². The van der Waals surface area contributed by atoms with E-state index in [1.165, 1.54) is 12.1 Å². The second-order valence-electron chi connectivity index (χ2n) is 4.07. The third-order valence-corrected chi connectivity index (χ3v) is 3.35. The molecule has 0 spiro atoms. The highest BCUT2D eigenvalue weighted by Crippen LogP contribution is 2.29. The Morgan fingerprint density at radius 3 is 2.10 bits per heavy atom. The van der Waals surface area contributed by atoms with Crippen LogP contribution < -0.4 is 0 Å². The van der Waals surface area contributed by atoms with Gasteiger partial charge in [-0.3, -0.25) is 0 Å². The summed E-state index contributed by atoms with van der Waals surface area (Å²) < 4.78 is 63.5. The maximum atomic E-state index is 13.3. The number of hydrogen-bond acceptors (Lipinski definition) is 0. The number of benzene rings is 2. The maximum Gasteiger partial charge on any atom is 0.416 e. The molecule has 0 bridgehead atoms. The molecule has 0 aliphatic carbocycles. The molecule has 0 saturated heterocycles. The lowest BCUT2D eigenvalue weighted by molar-refractivity contribution is -0.137. The Bertz CT molecular complexity index is 721. The Balaban J connectivity index is 2.32. The van der Waals surface area contributed by atoms with Gasteiger partial charge in [0.1, 0.15) is 11.6 Å². The molecule has 0 N–H and O–H groups in total. The number of rotatable bonds is 0. The molecule has 0 amide bonds. The van der Waals surface area contributed by atoms with Crippen molar-refractivity contribution in [1.29, 1.82) is 0 Å². The summed E-state index contributed by atoms with van der Waals surface area (Å²) in [5, 5.41) is 0. The largest absolute Gasteiger partial charge is 0.416 e. The van der Waals surface area contributed by atoms with Crippen molar-refractivity contribution >= 4 is 15.9 Å². The Morgan fingerprint density at radius 2 is 1.52 bits per heavy atom. The van der Waals surface area contributed by atoms with Crippen molar-refractivity contribution in [2.24, 2.45) is 0 Å². The molecule has 0 nitrogen and oxygen atoms in total. The van der Waals surface area contributed by atoms with E-state index in [1.54, 1.807) is 0 Å². The van der Waals surface area contributed by atoms with Gasteiger partial charge in [-0.25, -0.2) is 8.78 Å². The predicted octanol–water partition coefficient (Wildman–Crippen LogP) is 5.15. The van der Waals surface area contributed by atoms with E-state index in [0.29, 0.717) is 11.6 Å². The van der Waals surface area contributed by atoms with Crippen LogP contribution in [0.15, 0.2) is 40.9 Å². The highest BCUT2D eigenvalue weighted by Gasteiger charge is 2.29. The van der Waals surface area contributed by atoms with Crippen LogP contribution in [0.25, 0.3) is 0 Å². The average Bonchev–Trinajstić information content (AvgIpc) is 2.40. The van der Waals surface area contributed by atoms with E-state index in [2.05, 4.69) is 27.8 Å². The Morgan fingerprint density at radius 1 is 0.905 bits per heavy atom. The van der Waals surface area contributed by atoms with E-state index >= 15 is 0 Å². The molecular formula is C15H6BrF5. The first-order chi connectivity index (χ1) is 9.77. The summed E-state index contributed by atoms with van der Waals surface area (Å²) in [6, 6.07) is 5.91. The fraction of sp³-hybridized carbons (Fsp3) is 0.0667. The third kappa shape index (κ3) is 3.82. The molecule has 0 fully saturated rings. The maximum absolute atomic E-state index is 13.3. The second-order valence-corrected chi connectivity index (χ2v) is 4.87. The average molecular weight is 361 g/mol. The van der Waals surface area contributed by atoms with Crippen LogP contribution in [0.2, 0.25) is 0 Å². The lowest BCUT2D eigenvalue weighted by Gasteiger charge is -2.05. The van der Waals surface area contributed by atoms with Gasteiger partial charge >= 0.3 is 6.18 Å². The molecule has 0 radical (unpaired) electrons. The van der Waals surface area contributed by atoms with Crippen LogP contribution in [-0.2, 0) is 6.18 Å². The zero-order valence-electron chi connectivity index (χ0n) is 10.2. The van der Waals surface area contributed by atoms with E-state index < -0.39 is 23.4 Å².